The van der Waals surface area contributed by atoms with Gasteiger partial charge in [-0.25, -0.2) is 0 Å². The van der Waals surface area contributed by atoms with E-state index in [2.05, 4.69) is 11.9 Å². The standard InChI is InChI=1S/C19H18N2O3S2/c1-3-21-13-9-14-15(24-11-23-14)10-17(13)26-19(21)20-18(22)12-7-5-6-8-16(12)25-4-2/h5-10H,3-4,11H2,1-2H3. The van der Waals surface area contributed by atoms with Crippen LogP contribution >= 0.6 is 23.1 Å². The third kappa shape index (κ3) is 3.01. The number of aryl methyl sites for hydroxylation is 1. The van der Waals surface area contributed by atoms with Crippen molar-refractivity contribution in [1.82, 2.24) is 4.57 Å². The Labute approximate surface area is 159 Å². The largest absolute Gasteiger partial charge is 0.454 e. The highest BCUT2D eigenvalue weighted by atomic mass is 32.2. The average molecular weight is 386 g/mol. The second-order valence-electron chi connectivity index (χ2n) is 5.65. The summed E-state index contributed by atoms with van der Waals surface area (Å²) < 4.78 is 14.0. The van der Waals surface area contributed by atoms with Crippen LogP contribution in [0.5, 0.6) is 11.5 Å². The van der Waals surface area contributed by atoms with E-state index in [1.807, 2.05) is 47.9 Å². The van der Waals surface area contributed by atoms with Gasteiger partial charge < -0.3 is 14.0 Å². The number of carbonyl (C=O) groups excluding carboxylic acids is 1. The molecule has 0 unspecified atom stereocenters. The quantitative estimate of drug-likeness (QED) is 0.627. The Hall–Kier alpha value is -2.25. The molecule has 0 aliphatic carbocycles. The second kappa shape index (κ2) is 7.17. The molecule has 7 heteroatoms. The Morgan fingerprint density at radius 2 is 2.00 bits per heavy atom. The summed E-state index contributed by atoms with van der Waals surface area (Å²) in [7, 11) is 0. The Kier molecular flexibility index (Phi) is 4.74. The maximum atomic E-state index is 12.8. The van der Waals surface area contributed by atoms with E-state index >= 15 is 0 Å². The Morgan fingerprint density at radius 1 is 1.23 bits per heavy atom. The number of amides is 1. The maximum Gasteiger partial charge on any atom is 0.280 e. The number of nitrogens with zero attached hydrogens (tertiary/aromatic N) is 2. The van der Waals surface area contributed by atoms with Gasteiger partial charge >= 0.3 is 0 Å². The molecule has 0 spiro atoms. The minimum absolute atomic E-state index is 0.213. The van der Waals surface area contributed by atoms with Crippen LogP contribution in [0.25, 0.3) is 10.2 Å². The van der Waals surface area contributed by atoms with E-state index in [-0.39, 0.29) is 12.7 Å². The molecule has 0 saturated heterocycles. The average Bonchev–Trinajstić information content (AvgIpc) is 3.23. The number of thiazole rings is 1. The molecule has 4 rings (SSSR count). The van der Waals surface area contributed by atoms with Crippen molar-refractivity contribution >= 4 is 39.2 Å². The zero-order valence-corrected chi connectivity index (χ0v) is 16.2. The van der Waals surface area contributed by atoms with E-state index in [0.29, 0.717) is 10.4 Å². The van der Waals surface area contributed by atoms with Crippen LogP contribution in [0.1, 0.15) is 24.2 Å². The lowest BCUT2D eigenvalue weighted by Crippen LogP contribution is -2.16. The van der Waals surface area contributed by atoms with Crippen LogP contribution in [0.15, 0.2) is 46.3 Å². The van der Waals surface area contributed by atoms with E-state index in [0.717, 1.165) is 38.9 Å². The van der Waals surface area contributed by atoms with Gasteiger partial charge in [0.25, 0.3) is 5.91 Å². The lowest BCUT2D eigenvalue weighted by Gasteiger charge is -2.04. The normalized spacial score (nSPS) is 13.5. The lowest BCUT2D eigenvalue weighted by atomic mass is 10.2. The van der Waals surface area contributed by atoms with Crippen LogP contribution in [0.3, 0.4) is 0 Å². The summed E-state index contributed by atoms with van der Waals surface area (Å²) in [6.07, 6.45) is 0. The highest BCUT2D eigenvalue weighted by molar-refractivity contribution is 7.99. The molecule has 1 aliphatic rings. The fourth-order valence-electron chi connectivity index (χ4n) is 2.92. The predicted octanol–water partition coefficient (Wildman–Crippen LogP) is 4.30. The van der Waals surface area contributed by atoms with E-state index in [9.17, 15) is 4.79 Å². The number of ether oxygens (including phenoxy) is 2. The topological polar surface area (TPSA) is 52.8 Å². The number of thioether (sulfide) groups is 1. The molecule has 0 fully saturated rings. The van der Waals surface area contributed by atoms with E-state index in [4.69, 9.17) is 9.47 Å². The number of fused-ring (bicyclic) bond motifs is 2. The molecule has 0 bridgehead atoms. The van der Waals surface area contributed by atoms with Gasteiger partial charge in [-0.3, -0.25) is 4.79 Å². The van der Waals surface area contributed by atoms with Crippen LogP contribution in [0.2, 0.25) is 0 Å². The molecule has 2 aromatic carbocycles. The first-order valence-corrected chi connectivity index (χ1v) is 10.2. The molecule has 0 radical (unpaired) electrons. The van der Waals surface area contributed by atoms with Crippen molar-refractivity contribution in [2.24, 2.45) is 4.99 Å². The predicted molar refractivity (Wildman–Crippen MR) is 104 cm³/mol. The molecular weight excluding hydrogens is 368 g/mol. The third-order valence-electron chi connectivity index (χ3n) is 4.11. The first kappa shape index (κ1) is 17.2. The first-order chi connectivity index (χ1) is 12.7. The molecule has 1 aromatic heterocycles. The van der Waals surface area contributed by atoms with Crippen molar-refractivity contribution in [3.05, 3.63) is 46.8 Å². The molecule has 5 nitrogen and oxygen atoms in total. The zero-order chi connectivity index (χ0) is 18.1. The minimum Gasteiger partial charge on any atom is -0.454 e. The maximum absolute atomic E-state index is 12.8. The monoisotopic (exact) mass is 386 g/mol. The summed E-state index contributed by atoms with van der Waals surface area (Å²) in [5.74, 6) is 2.17. The van der Waals surface area contributed by atoms with Crippen LogP contribution in [0, 0.1) is 0 Å². The fraction of sp³-hybridized carbons (Fsp3) is 0.263. The Balaban J connectivity index is 1.82. The van der Waals surface area contributed by atoms with Gasteiger partial charge in [-0.1, -0.05) is 30.4 Å². The van der Waals surface area contributed by atoms with Gasteiger partial charge in [0.2, 0.25) is 6.79 Å². The highest BCUT2D eigenvalue weighted by Crippen LogP contribution is 2.37. The molecule has 1 aliphatic heterocycles. The molecule has 1 amide bonds. The van der Waals surface area contributed by atoms with Crippen LogP contribution in [-0.2, 0) is 6.54 Å². The molecule has 0 N–H and O–H groups in total. The van der Waals surface area contributed by atoms with Gasteiger partial charge in [-0.2, -0.15) is 4.99 Å². The smallest absolute Gasteiger partial charge is 0.280 e. The second-order valence-corrected chi connectivity index (χ2v) is 7.96. The molecule has 2 heterocycles. The first-order valence-electron chi connectivity index (χ1n) is 8.45. The lowest BCUT2D eigenvalue weighted by molar-refractivity contribution is 0.0995. The van der Waals surface area contributed by atoms with Crippen molar-refractivity contribution < 1.29 is 14.3 Å². The summed E-state index contributed by atoms with van der Waals surface area (Å²) in [6.45, 7) is 5.09. The number of hydrogen-bond acceptors (Lipinski definition) is 5. The number of aromatic nitrogens is 1. The molecule has 0 saturated carbocycles. The van der Waals surface area contributed by atoms with E-state index < -0.39 is 0 Å². The van der Waals surface area contributed by atoms with Gasteiger partial charge in [0.1, 0.15) is 0 Å². The van der Waals surface area contributed by atoms with Gasteiger partial charge in [-0.05, 0) is 24.8 Å². The molecule has 134 valence electrons. The van der Waals surface area contributed by atoms with Crippen molar-refractivity contribution in [2.45, 2.75) is 25.3 Å². The summed E-state index contributed by atoms with van der Waals surface area (Å²) in [4.78, 5) is 18.9. The van der Waals surface area contributed by atoms with Crippen molar-refractivity contribution in [3.8, 4) is 11.5 Å². The fourth-order valence-corrected chi connectivity index (χ4v) is 4.82. The van der Waals surface area contributed by atoms with Gasteiger partial charge in [0.15, 0.2) is 16.3 Å². The third-order valence-corrected chi connectivity index (χ3v) is 6.10. The van der Waals surface area contributed by atoms with E-state index in [1.165, 1.54) is 11.3 Å². The van der Waals surface area contributed by atoms with Gasteiger partial charge in [0, 0.05) is 23.6 Å². The number of hydrogen-bond donors (Lipinski definition) is 0. The van der Waals surface area contributed by atoms with Crippen LogP contribution < -0.4 is 14.3 Å². The summed E-state index contributed by atoms with van der Waals surface area (Å²) in [5, 5.41) is 0. The molecule has 26 heavy (non-hydrogen) atoms. The van der Waals surface area contributed by atoms with Crippen molar-refractivity contribution in [2.75, 3.05) is 12.5 Å². The van der Waals surface area contributed by atoms with Crippen LogP contribution in [-0.4, -0.2) is 23.0 Å². The number of rotatable bonds is 4. The van der Waals surface area contributed by atoms with Crippen molar-refractivity contribution in [1.29, 1.82) is 0 Å². The highest BCUT2D eigenvalue weighted by Gasteiger charge is 2.18. The zero-order valence-electron chi connectivity index (χ0n) is 14.5. The van der Waals surface area contributed by atoms with E-state index in [1.54, 1.807) is 11.8 Å². The minimum atomic E-state index is -0.213. The van der Waals surface area contributed by atoms with Crippen molar-refractivity contribution in [3.63, 3.8) is 0 Å². The van der Waals surface area contributed by atoms with Gasteiger partial charge in [-0.15, -0.1) is 11.8 Å². The SMILES string of the molecule is CCSc1ccccc1C(=O)N=c1sc2cc3c(cc2n1CC)OCO3. The number of carbonyl (C=O) groups is 1. The summed E-state index contributed by atoms with van der Waals surface area (Å²) in [5.41, 5.74) is 1.65. The Bertz CT molecular complexity index is 1050. The molecule has 0 atom stereocenters. The van der Waals surface area contributed by atoms with Crippen LogP contribution in [0.4, 0.5) is 0 Å². The number of benzene rings is 2. The van der Waals surface area contributed by atoms with Gasteiger partial charge in [0.05, 0.1) is 15.8 Å². The molecule has 3 aromatic rings. The molecular formula is C19H18N2O3S2. The summed E-state index contributed by atoms with van der Waals surface area (Å²) in [6, 6.07) is 11.5. The Morgan fingerprint density at radius 3 is 2.77 bits per heavy atom. The summed E-state index contributed by atoms with van der Waals surface area (Å²) >= 11 is 3.14.